The Morgan fingerprint density at radius 3 is 2.07 bits per heavy atom. The number of amides is 1. The highest BCUT2D eigenvalue weighted by Crippen LogP contribution is 2.23. The van der Waals surface area contributed by atoms with Gasteiger partial charge < -0.3 is 5.32 Å². The number of piperidine rings is 1. The lowest BCUT2D eigenvalue weighted by Crippen LogP contribution is -2.43. The van der Waals surface area contributed by atoms with Crippen LogP contribution in [-0.4, -0.2) is 31.7 Å². The monoisotopic (exact) mass is 400 g/mol. The van der Waals surface area contributed by atoms with Crippen LogP contribution in [0.3, 0.4) is 0 Å². The van der Waals surface area contributed by atoms with Crippen LogP contribution >= 0.6 is 0 Å². The minimum Gasteiger partial charge on any atom is -0.352 e. The molecule has 1 fully saturated rings. The van der Waals surface area contributed by atoms with Gasteiger partial charge in [-0.2, -0.15) is 0 Å². The first-order valence-corrected chi connectivity index (χ1v) is 11.3. The van der Waals surface area contributed by atoms with Gasteiger partial charge in [0, 0.05) is 25.6 Å². The Morgan fingerprint density at radius 1 is 0.964 bits per heavy atom. The van der Waals surface area contributed by atoms with Crippen molar-refractivity contribution in [2.75, 3.05) is 13.1 Å². The predicted molar refractivity (Wildman–Crippen MR) is 111 cm³/mol. The molecular weight excluding hydrogens is 372 g/mol. The largest absolute Gasteiger partial charge is 0.352 e. The lowest BCUT2D eigenvalue weighted by molar-refractivity contribution is -0.126. The molecule has 0 atom stereocenters. The summed E-state index contributed by atoms with van der Waals surface area (Å²) in [5.41, 5.74) is 4.08. The molecule has 0 bridgehead atoms. The van der Waals surface area contributed by atoms with E-state index in [-0.39, 0.29) is 17.6 Å². The second-order valence-corrected chi connectivity index (χ2v) is 9.47. The van der Waals surface area contributed by atoms with E-state index in [4.69, 9.17) is 0 Å². The Balaban J connectivity index is 1.53. The first kappa shape index (κ1) is 20.6. The Hall–Kier alpha value is -2.18. The van der Waals surface area contributed by atoms with Crippen LogP contribution in [0, 0.1) is 19.8 Å². The zero-order chi connectivity index (χ0) is 20.1. The lowest BCUT2D eigenvalue weighted by Gasteiger charge is -2.30. The molecule has 1 aliphatic heterocycles. The van der Waals surface area contributed by atoms with Crippen LogP contribution in [-0.2, 0) is 27.1 Å². The maximum Gasteiger partial charge on any atom is 0.223 e. The van der Waals surface area contributed by atoms with Crippen LogP contribution in [0.5, 0.6) is 0 Å². The van der Waals surface area contributed by atoms with Gasteiger partial charge in [-0.3, -0.25) is 4.79 Å². The zero-order valence-electron chi connectivity index (χ0n) is 16.5. The number of aryl methyl sites for hydroxylation is 2. The van der Waals surface area contributed by atoms with Crippen molar-refractivity contribution in [1.82, 2.24) is 9.62 Å². The predicted octanol–water partition coefficient (Wildman–Crippen LogP) is 3.16. The van der Waals surface area contributed by atoms with Gasteiger partial charge in [-0.1, -0.05) is 48.5 Å². The topological polar surface area (TPSA) is 66.5 Å². The maximum absolute atomic E-state index is 12.8. The molecule has 2 aromatic carbocycles. The molecule has 1 aliphatic rings. The number of nitrogens with one attached hydrogen (secondary N) is 1. The van der Waals surface area contributed by atoms with Crippen molar-refractivity contribution in [3.05, 3.63) is 70.8 Å². The smallest absolute Gasteiger partial charge is 0.223 e. The van der Waals surface area contributed by atoms with Crippen molar-refractivity contribution < 1.29 is 13.2 Å². The molecule has 6 heteroatoms. The fraction of sp³-hybridized carbons (Fsp3) is 0.409. The Bertz CT molecular complexity index is 932. The fourth-order valence-electron chi connectivity index (χ4n) is 3.59. The molecule has 1 heterocycles. The number of hydrogen-bond donors (Lipinski definition) is 1. The molecule has 28 heavy (non-hydrogen) atoms. The molecule has 0 radical (unpaired) electrons. The Morgan fingerprint density at radius 2 is 1.50 bits per heavy atom. The van der Waals surface area contributed by atoms with Crippen molar-refractivity contribution in [2.45, 2.75) is 39.0 Å². The van der Waals surface area contributed by atoms with Gasteiger partial charge in [-0.05, 0) is 48.9 Å². The molecule has 1 amide bonds. The van der Waals surface area contributed by atoms with Gasteiger partial charge in [0.25, 0.3) is 0 Å². The normalized spacial score (nSPS) is 16.1. The number of carbonyl (C=O) groups excluding carboxylic acids is 1. The molecule has 0 saturated carbocycles. The third kappa shape index (κ3) is 5.00. The molecule has 0 aromatic heterocycles. The third-order valence-electron chi connectivity index (χ3n) is 5.53. The SMILES string of the molecule is Cc1ccccc1CNC(=O)C1CCN(S(=O)(=O)Cc2ccccc2C)CC1. The molecule has 0 spiro atoms. The number of sulfonamides is 1. The average Bonchev–Trinajstić information content (AvgIpc) is 2.69. The minimum absolute atomic E-state index is 0.0132. The molecule has 1 saturated heterocycles. The summed E-state index contributed by atoms with van der Waals surface area (Å²) < 4.78 is 27.0. The van der Waals surface area contributed by atoms with E-state index in [1.165, 1.54) is 4.31 Å². The summed E-state index contributed by atoms with van der Waals surface area (Å²) in [6, 6.07) is 15.5. The number of nitrogens with zero attached hydrogens (tertiary/aromatic N) is 1. The summed E-state index contributed by atoms with van der Waals surface area (Å²) in [7, 11) is -3.37. The molecule has 0 unspecified atom stereocenters. The summed E-state index contributed by atoms with van der Waals surface area (Å²) >= 11 is 0. The van der Waals surface area contributed by atoms with Crippen molar-refractivity contribution in [1.29, 1.82) is 0 Å². The average molecular weight is 401 g/mol. The van der Waals surface area contributed by atoms with Gasteiger partial charge in [0.2, 0.25) is 15.9 Å². The third-order valence-corrected chi connectivity index (χ3v) is 7.36. The van der Waals surface area contributed by atoms with E-state index >= 15 is 0 Å². The molecule has 0 aliphatic carbocycles. The van der Waals surface area contributed by atoms with Crippen molar-refractivity contribution in [3.8, 4) is 0 Å². The lowest BCUT2D eigenvalue weighted by atomic mass is 9.97. The van der Waals surface area contributed by atoms with Gasteiger partial charge in [-0.15, -0.1) is 0 Å². The van der Waals surface area contributed by atoms with Crippen LogP contribution in [0.1, 0.15) is 35.1 Å². The zero-order valence-corrected chi connectivity index (χ0v) is 17.3. The second-order valence-electron chi connectivity index (χ2n) is 7.50. The highest BCUT2D eigenvalue weighted by molar-refractivity contribution is 7.88. The standard InChI is InChI=1S/C22H28N2O3S/c1-17-7-3-5-9-20(17)15-23-22(25)19-11-13-24(14-12-19)28(26,27)16-21-10-6-4-8-18(21)2/h3-10,19H,11-16H2,1-2H3,(H,23,25). The van der Waals surface area contributed by atoms with Crippen LogP contribution < -0.4 is 5.32 Å². The van der Waals surface area contributed by atoms with Gasteiger partial charge >= 0.3 is 0 Å². The van der Waals surface area contributed by atoms with Gasteiger partial charge in [0.15, 0.2) is 0 Å². The van der Waals surface area contributed by atoms with Crippen LogP contribution in [0.15, 0.2) is 48.5 Å². The van der Waals surface area contributed by atoms with Crippen molar-refractivity contribution >= 4 is 15.9 Å². The number of benzene rings is 2. The fourth-order valence-corrected chi connectivity index (χ4v) is 5.26. The molecule has 3 rings (SSSR count). The highest BCUT2D eigenvalue weighted by atomic mass is 32.2. The Kier molecular flexibility index (Phi) is 6.52. The maximum atomic E-state index is 12.8. The minimum atomic E-state index is -3.37. The quantitative estimate of drug-likeness (QED) is 0.810. The van der Waals surface area contributed by atoms with E-state index in [0.717, 1.165) is 22.3 Å². The van der Waals surface area contributed by atoms with Gasteiger partial charge in [-0.25, -0.2) is 12.7 Å². The molecule has 1 N–H and O–H groups in total. The first-order chi connectivity index (χ1) is 13.4. The van der Waals surface area contributed by atoms with E-state index in [1.54, 1.807) is 0 Å². The van der Waals surface area contributed by atoms with E-state index in [1.807, 2.05) is 62.4 Å². The van der Waals surface area contributed by atoms with Crippen molar-refractivity contribution in [3.63, 3.8) is 0 Å². The number of rotatable bonds is 6. The number of hydrogen-bond acceptors (Lipinski definition) is 3. The van der Waals surface area contributed by atoms with E-state index in [0.29, 0.717) is 32.5 Å². The summed E-state index contributed by atoms with van der Waals surface area (Å²) in [5, 5.41) is 3.00. The molecular formula is C22H28N2O3S. The second kappa shape index (κ2) is 8.88. The van der Waals surface area contributed by atoms with E-state index < -0.39 is 10.0 Å². The number of carbonyl (C=O) groups is 1. The first-order valence-electron chi connectivity index (χ1n) is 9.71. The van der Waals surface area contributed by atoms with Crippen LogP contribution in [0.4, 0.5) is 0 Å². The summed E-state index contributed by atoms with van der Waals surface area (Å²) in [6.07, 6.45) is 1.12. The van der Waals surface area contributed by atoms with Gasteiger partial charge in [0.05, 0.1) is 5.75 Å². The summed E-state index contributed by atoms with van der Waals surface area (Å²) in [5.74, 6) is -0.0998. The van der Waals surface area contributed by atoms with E-state index in [2.05, 4.69) is 5.32 Å². The van der Waals surface area contributed by atoms with E-state index in [9.17, 15) is 13.2 Å². The molecule has 150 valence electrons. The summed E-state index contributed by atoms with van der Waals surface area (Å²) in [6.45, 7) is 5.26. The Labute approximate surface area is 167 Å². The van der Waals surface area contributed by atoms with Gasteiger partial charge in [0.1, 0.15) is 0 Å². The molecule has 2 aromatic rings. The van der Waals surface area contributed by atoms with Crippen LogP contribution in [0.25, 0.3) is 0 Å². The van der Waals surface area contributed by atoms with Crippen LogP contribution in [0.2, 0.25) is 0 Å². The highest BCUT2D eigenvalue weighted by Gasteiger charge is 2.31. The molecule has 5 nitrogen and oxygen atoms in total. The summed E-state index contributed by atoms with van der Waals surface area (Å²) in [4.78, 5) is 12.5. The van der Waals surface area contributed by atoms with Crippen molar-refractivity contribution in [2.24, 2.45) is 5.92 Å².